The van der Waals surface area contributed by atoms with E-state index in [4.69, 9.17) is 5.26 Å². The van der Waals surface area contributed by atoms with E-state index in [1.807, 2.05) is 24.3 Å². The fraction of sp³-hybridized carbons (Fsp3) is 0.278. The van der Waals surface area contributed by atoms with Crippen molar-refractivity contribution in [2.45, 2.75) is 31.7 Å². The monoisotopic (exact) mass is 262 g/mol. The first-order valence-electron chi connectivity index (χ1n) is 7.08. The summed E-state index contributed by atoms with van der Waals surface area (Å²) in [4.78, 5) is 0. The van der Waals surface area contributed by atoms with Crippen molar-refractivity contribution in [3.8, 4) is 6.07 Å². The number of hydrogen-bond donors (Lipinski definition) is 1. The molecule has 0 heterocycles. The Balaban J connectivity index is 1.63. The van der Waals surface area contributed by atoms with Crippen molar-refractivity contribution in [1.29, 1.82) is 5.26 Å². The molecule has 0 spiro atoms. The van der Waals surface area contributed by atoms with Crippen LogP contribution in [0, 0.1) is 18.3 Å². The van der Waals surface area contributed by atoms with E-state index in [-0.39, 0.29) is 0 Å². The van der Waals surface area contributed by atoms with Gasteiger partial charge in [-0.3, -0.25) is 0 Å². The lowest BCUT2D eigenvalue weighted by atomic mass is 9.75. The Morgan fingerprint density at radius 2 is 1.90 bits per heavy atom. The third-order valence-electron chi connectivity index (χ3n) is 4.06. The van der Waals surface area contributed by atoms with Crippen LogP contribution < -0.4 is 5.32 Å². The summed E-state index contributed by atoms with van der Waals surface area (Å²) >= 11 is 0. The Labute approximate surface area is 120 Å². The minimum Gasteiger partial charge on any atom is -0.381 e. The quantitative estimate of drug-likeness (QED) is 0.898. The molecule has 20 heavy (non-hydrogen) atoms. The van der Waals surface area contributed by atoms with Crippen LogP contribution in [-0.2, 0) is 0 Å². The zero-order valence-corrected chi connectivity index (χ0v) is 11.6. The number of nitrogens with one attached hydrogen (secondary N) is 1. The van der Waals surface area contributed by atoms with Crippen molar-refractivity contribution >= 4 is 5.69 Å². The second-order valence-electron chi connectivity index (χ2n) is 5.58. The first kappa shape index (κ1) is 12.7. The number of aryl methyl sites for hydroxylation is 1. The molecule has 0 saturated heterocycles. The Bertz CT molecular complexity index is 648. The van der Waals surface area contributed by atoms with Gasteiger partial charge in [-0.05, 0) is 43.4 Å². The highest BCUT2D eigenvalue weighted by Crippen LogP contribution is 2.39. The minimum absolute atomic E-state index is 0.481. The maximum atomic E-state index is 9.09. The highest BCUT2D eigenvalue weighted by atomic mass is 14.9. The van der Waals surface area contributed by atoms with Gasteiger partial charge in [0, 0.05) is 6.04 Å². The lowest BCUT2D eigenvalue weighted by Gasteiger charge is -2.37. The van der Waals surface area contributed by atoms with Crippen molar-refractivity contribution in [2.24, 2.45) is 0 Å². The molecule has 2 aromatic rings. The number of nitriles is 1. The molecule has 2 nitrogen and oxygen atoms in total. The molecule has 100 valence electrons. The molecule has 0 bridgehead atoms. The molecule has 0 radical (unpaired) electrons. The standard InChI is InChI=1S/C18H18N2/c1-13-5-4-7-14(9-13)16-10-17(11-16)20-18-8-3-2-6-15(18)12-19/h2-9,16-17,20H,10-11H2,1H3. The van der Waals surface area contributed by atoms with Gasteiger partial charge in [-0.15, -0.1) is 0 Å². The summed E-state index contributed by atoms with van der Waals surface area (Å²) < 4.78 is 0. The maximum Gasteiger partial charge on any atom is 0.101 e. The van der Waals surface area contributed by atoms with E-state index in [0.717, 1.165) is 24.1 Å². The highest BCUT2D eigenvalue weighted by Gasteiger charge is 2.30. The maximum absolute atomic E-state index is 9.09. The first-order valence-corrected chi connectivity index (χ1v) is 7.08. The predicted octanol–water partition coefficient (Wildman–Crippen LogP) is 4.22. The summed E-state index contributed by atoms with van der Waals surface area (Å²) in [7, 11) is 0. The van der Waals surface area contributed by atoms with Crippen LogP contribution in [0.2, 0.25) is 0 Å². The van der Waals surface area contributed by atoms with Gasteiger partial charge in [-0.2, -0.15) is 5.26 Å². The van der Waals surface area contributed by atoms with E-state index in [1.165, 1.54) is 11.1 Å². The second kappa shape index (κ2) is 5.38. The van der Waals surface area contributed by atoms with Crippen molar-refractivity contribution in [1.82, 2.24) is 0 Å². The number of rotatable bonds is 3. The van der Waals surface area contributed by atoms with Crippen LogP contribution in [0.3, 0.4) is 0 Å². The Hall–Kier alpha value is -2.27. The molecule has 1 saturated carbocycles. The highest BCUT2D eigenvalue weighted by molar-refractivity contribution is 5.58. The lowest BCUT2D eigenvalue weighted by Crippen LogP contribution is -2.34. The van der Waals surface area contributed by atoms with Crippen LogP contribution >= 0.6 is 0 Å². The molecule has 3 rings (SSSR count). The van der Waals surface area contributed by atoms with E-state index in [0.29, 0.717) is 12.0 Å². The van der Waals surface area contributed by atoms with Gasteiger partial charge >= 0.3 is 0 Å². The number of nitrogens with zero attached hydrogens (tertiary/aromatic N) is 1. The fourth-order valence-corrected chi connectivity index (χ4v) is 2.86. The molecule has 1 fully saturated rings. The summed E-state index contributed by atoms with van der Waals surface area (Å²) in [5, 5.41) is 12.6. The van der Waals surface area contributed by atoms with Crippen molar-refractivity contribution < 1.29 is 0 Å². The topological polar surface area (TPSA) is 35.8 Å². The van der Waals surface area contributed by atoms with E-state index < -0.39 is 0 Å². The Morgan fingerprint density at radius 1 is 1.10 bits per heavy atom. The molecule has 0 atom stereocenters. The van der Waals surface area contributed by atoms with Crippen LogP contribution in [-0.4, -0.2) is 6.04 Å². The normalized spacial score (nSPS) is 20.8. The summed E-state index contributed by atoms with van der Waals surface area (Å²) in [6.45, 7) is 2.14. The molecule has 2 aromatic carbocycles. The number of anilines is 1. The molecule has 1 aliphatic carbocycles. The lowest BCUT2D eigenvalue weighted by molar-refractivity contribution is 0.374. The molecule has 0 aliphatic heterocycles. The molecular weight excluding hydrogens is 244 g/mol. The summed E-state index contributed by atoms with van der Waals surface area (Å²) in [6.07, 6.45) is 2.28. The summed E-state index contributed by atoms with van der Waals surface area (Å²) in [5.41, 5.74) is 4.46. The molecular formula is C18H18N2. The second-order valence-corrected chi connectivity index (χ2v) is 5.58. The van der Waals surface area contributed by atoms with Gasteiger partial charge in [0.1, 0.15) is 6.07 Å². The van der Waals surface area contributed by atoms with Gasteiger partial charge < -0.3 is 5.32 Å². The van der Waals surface area contributed by atoms with Crippen molar-refractivity contribution in [2.75, 3.05) is 5.32 Å². The van der Waals surface area contributed by atoms with E-state index in [2.05, 4.69) is 42.6 Å². The van der Waals surface area contributed by atoms with Crippen LogP contribution in [0.25, 0.3) is 0 Å². The molecule has 0 aromatic heterocycles. The number of benzene rings is 2. The molecule has 1 aliphatic rings. The molecule has 1 N–H and O–H groups in total. The number of hydrogen-bond acceptors (Lipinski definition) is 2. The van der Waals surface area contributed by atoms with E-state index in [9.17, 15) is 0 Å². The fourth-order valence-electron chi connectivity index (χ4n) is 2.86. The average Bonchev–Trinajstić information content (AvgIpc) is 2.42. The largest absolute Gasteiger partial charge is 0.381 e. The third kappa shape index (κ3) is 2.53. The smallest absolute Gasteiger partial charge is 0.101 e. The zero-order valence-electron chi connectivity index (χ0n) is 11.6. The third-order valence-corrected chi connectivity index (χ3v) is 4.06. The Kier molecular flexibility index (Phi) is 3.43. The molecule has 0 amide bonds. The SMILES string of the molecule is Cc1cccc(C2CC(Nc3ccccc3C#N)C2)c1. The van der Waals surface area contributed by atoms with Crippen molar-refractivity contribution in [3.05, 3.63) is 65.2 Å². The summed E-state index contributed by atoms with van der Waals surface area (Å²) in [5.74, 6) is 0.654. The number of para-hydroxylation sites is 1. The van der Waals surface area contributed by atoms with Crippen LogP contribution in [0.15, 0.2) is 48.5 Å². The van der Waals surface area contributed by atoms with Crippen molar-refractivity contribution in [3.63, 3.8) is 0 Å². The average molecular weight is 262 g/mol. The summed E-state index contributed by atoms with van der Waals surface area (Å²) in [6, 6.07) is 19.2. The Morgan fingerprint density at radius 3 is 2.65 bits per heavy atom. The van der Waals surface area contributed by atoms with Gasteiger partial charge in [0.25, 0.3) is 0 Å². The van der Waals surface area contributed by atoms with E-state index >= 15 is 0 Å². The van der Waals surface area contributed by atoms with Gasteiger partial charge in [0.15, 0.2) is 0 Å². The van der Waals surface area contributed by atoms with Gasteiger partial charge in [-0.1, -0.05) is 42.0 Å². The van der Waals surface area contributed by atoms with Gasteiger partial charge in [0.2, 0.25) is 0 Å². The van der Waals surface area contributed by atoms with Crippen LogP contribution in [0.4, 0.5) is 5.69 Å². The minimum atomic E-state index is 0.481. The predicted molar refractivity (Wildman–Crippen MR) is 81.7 cm³/mol. The first-order chi connectivity index (χ1) is 9.76. The van der Waals surface area contributed by atoms with Crippen LogP contribution in [0.1, 0.15) is 35.4 Å². The van der Waals surface area contributed by atoms with Crippen LogP contribution in [0.5, 0.6) is 0 Å². The molecule has 2 heteroatoms. The van der Waals surface area contributed by atoms with Gasteiger partial charge in [0.05, 0.1) is 11.3 Å². The van der Waals surface area contributed by atoms with Gasteiger partial charge in [-0.25, -0.2) is 0 Å². The van der Waals surface area contributed by atoms with E-state index in [1.54, 1.807) is 0 Å². The molecule has 0 unspecified atom stereocenters. The zero-order chi connectivity index (χ0) is 13.9.